The molecule has 12 nitrogen and oxygen atoms in total. The summed E-state index contributed by atoms with van der Waals surface area (Å²) in [5.74, 6) is 0.135. The second-order valence-corrected chi connectivity index (χ2v) is 11.2. The van der Waals surface area contributed by atoms with Crippen LogP contribution >= 0.6 is 11.6 Å². The molecule has 1 atom stereocenters. The van der Waals surface area contributed by atoms with Crippen molar-refractivity contribution in [2.75, 3.05) is 68.5 Å². The average molecular weight is 598 g/mol. The van der Waals surface area contributed by atoms with E-state index in [2.05, 4.69) is 41.0 Å². The number of nitrogens with one attached hydrogen (secondary N) is 3. The summed E-state index contributed by atoms with van der Waals surface area (Å²) in [6.07, 6.45) is 2.88. The molecule has 3 N–H and O–H groups in total. The monoisotopic (exact) mass is 597 g/mol. The maximum absolute atomic E-state index is 14.7. The lowest BCUT2D eigenvalue weighted by atomic mass is 9.88. The zero-order chi connectivity index (χ0) is 29.7. The Morgan fingerprint density at radius 1 is 1.19 bits per heavy atom. The second-order valence-electron chi connectivity index (χ2n) is 10.7. The molecule has 1 aromatic carbocycles. The lowest BCUT2D eigenvalue weighted by Crippen LogP contribution is -2.37. The molecular formula is C28H33ClFN9O3. The van der Waals surface area contributed by atoms with Crippen molar-refractivity contribution in [3.63, 3.8) is 0 Å². The van der Waals surface area contributed by atoms with Crippen LogP contribution in [0.2, 0.25) is 5.02 Å². The molecular weight excluding hydrogens is 565 g/mol. The molecule has 1 unspecified atom stereocenters. The molecule has 42 heavy (non-hydrogen) atoms. The average Bonchev–Trinajstić information content (AvgIpc) is 3.11. The number of hydrogen-bond acceptors (Lipinski definition) is 11. The van der Waals surface area contributed by atoms with Gasteiger partial charge in [0.25, 0.3) is 0 Å². The molecule has 5 rings (SSSR count). The first kappa shape index (κ1) is 29.5. The first-order chi connectivity index (χ1) is 20.2. The highest BCUT2D eigenvalue weighted by Crippen LogP contribution is 2.35. The fraction of sp³-hybridized carbons (Fsp3) is 0.429. The topological polar surface area (TPSA) is 138 Å². The molecule has 0 bridgehead atoms. The number of rotatable bonds is 9. The van der Waals surface area contributed by atoms with E-state index in [1.807, 2.05) is 6.92 Å². The zero-order valence-electron chi connectivity index (χ0n) is 23.5. The number of esters is 1. The first-order valence-corrected chi connectivity index (χ1v) is 14.1. The van der Waals surface area contributed by atoms with E-state index in [-0.39, 0.29) is 29.7 Å². The van der Waals surface area contributed by atoms with E-state index in [0.717, 1.165) is 32.6 Å². The predicted molar refractivity (Wildman–Crippen MR) is 157 cm³/mol. The summed E-state index contributed by atoms with van der Waals surface area (Å²) in [4.78, 5) is 37.5. The van der Waals surface area contributed by atoms with Gasteiger partial charge in [0, 0.05) is 43.3 Å². The number of carbonyl (C=O) groups is 2. The molecule has 222 valence electrons. The minimum atomic E-state index is -0.721. The number of ether oxygens (including phenoxy) is 1. The SMILES string of the molecule is CN(CC1(C)CCOC1=O)c1nnc(-c2cc(Cl)ccc2F)cc1Nc1cc(NC(=O)CN2CCCNCC2)ncn1. The second kappa shape index (κ2) is 12.9. The van der Waals surface area contributed by atoms with Crippen molar-refractivity contribution in [3.05, 3.63) is 47.5 Å². The van der Waals surface area contributed by atoms with Crippen LogP contribution in [0.25, 0.3) is 11.3 Å². The molecule has 0 radical (unpaired) electrons. The van der Waals surface area contributed by atoms with E-state index in [1.165, 1.54) is 24.5 Å². The van der Waals surface area contributed by atoms with Gasteiger partial charge in [-0.15, -0.1) is 10.2 Å². The third-order valence-corrected chi connectivity index (χ3v) is 7.54. The van der Waals surface area contributed by atoms with E-state index < -0.39 is 11.2 Å². The Morgan fingerprint density at radius 3 is 2.83 bits per heavy atom. The van der Waals surface area contributed by atoms with Crippen LogP contribution in [-0.2, 0) is 14.3 Å². The molecule has 14 heteroatoms. The van der Waals surface area contributed by atoms with Crippen molar-refractivity contribution in [2.45, 2.75) is 19.8 Å². The number of hydrogen-bond donors (Lipinski definition) is 3. The van der Waals surface area contributed by atoms with Crippen molar-refractivity contribution < 1.29 is 18.7 Å². The van der Waals surface area contributed by atoms with Gasteiger partial charge in [0.2, 0.25) is 5.91 Å². The van der Waals surface area contributed by atoms with Crippen molar-refractivity contribution in [2.24, 2.45) is 5.41 Å². The maximum Gasteiger partial charge on any atom is 0.313 e. The van der Waals surface area contributed by atoms with E-state index in [4.69, 9.17) is 16.3 Å². The van der Waals surface area contributed by atoms with Gasteiger partial charge in [-0.2, -0.15) is 0 Å². The summed E-state index contributed by atoms with van der Waals surface area (Å²) < 4.78 is 19.9. The molecule has 3 aromatic rings. The van der Waals surface area contributed by atoms with Crippen LogP contribution in [0.4, 0.5) is 27.5 Å². The van der Waals surface area contributed by atoms with Crippen LogP contribution in [0.1, 0.15) is 19.8 Å². The Bertz CT molecular complexity index is 1450. The Morgan fingerprint density at radius 2 is 2.02 bits per heavy atom. The lowest BCUT2D eigenvalue weighted by molar-refractivity contribution is -0.145. The molecule has 0 saturated carbocycles. The number of amides is 1. The van der Waals surface area contributed by atoms with Crippen LogP contribution in [-0.4, -0.2) is 89.9 Å². The molecule has 0 aliphatic carbocycles. The van der Waals surface area contributed by atoms with Gasteiger partial charge in [0.05, 0.1) is 29.9 Å². The van der Waals surface area contributed by atoms with Crippen molar-refractivity contribution in [1.29, 1.82) is 0 Å². The van der Waals surface area contributed by atoms with E-state index >= 15 is 0 Å². The molecule has 2 aliphatic rings. The van der Waals surface area contributed by atoms with Crippen molar-refractivity contribution in [3.8, 4) is 11.3 Å². The van der Waals surface area contributed by atoms with E-state index in [9.17, 15) is 14.0 Å². The fourth-order valence-corrected chi connectivity index (χ4v) is 5.22. The minimum Gasteiger partial charge on any atom is -0.465 e. The fourth-order valence-electron chi connectivity index (χ4n) is 5.05. The Balaban J connectivity index is 1.40. The number of anilines is 4. The molecule has 4 heterocycles. The standard InChI is InChI=1S/C28H33ClFN9O3/c1-28(6-11-42-27(28)41)16-38(2)26-22(13-21(36-37-26)19-12-18(29)4-5-20(19)30)34-23-14-24(33-17-32-23)35-25(40)15-39-9-3-7-31-8-10-39/h4-5,12-14,17,31H,3,6-11,15-16H2,1-2H3,(H2,32,33,34,35,36,40). The van der Waals surface area contributed by atoms with Crippen LogP contribution in [0.3, 0.4) is 0 Å². The van der Waals surface area contributed by atoms with E-state index in [0.29, 0.717) is 47.7 Å². The number of nitrogens with zero attached hydrogens (tertiary/aromatic N) is 6. The summed E-state index contributed by atoms with van der Waals surface area (Å²) >= 11 is 6.13. The van der Waals surface area contributed by atoms with Crippen molar-refractivity contribution >= 4 is 46.6 Å². The number of carbonyl (C=O) groups excluding carboxylic acids is 2. The molecule has 2 saturated heterocycles. The van der Waals surface area contributed by atoms with Gasteiger partial charge in [0.1, 0.15) is 23.8 Å². The highest BCUT2D eigenvalue weighted by atomic mass is 35.5. The quantitative estimate of drug-likeness (QED) is 0.314. The summed E-state index contributed by atoms with van der Waals surface area (Å²) in [7, 11) is 1.79. The van der Waals surface area contributed by atoms with Crippen LogP contribution in [0, 0.1) is 11.2 Å². The predicted octanol–water partition coefficient (Wildman–Crippen LogP) is 3.09. The Hall–Kier alpha value is -3.94. The molecule has 2 aromatic heterocycles. The Labute approximate surface area is 248 Å². The number of halogens is 2. The third kappa shape index (κ3) is 7.09. The smallest absolute Gasteiger partial charge is 0.313 e. The minimum absolute atomic E-state index is 0.178. The zero-order valence-corrected chi connectivity index (χ0v) is 24.2. The number of benzene rings is 1. The summed E-state index contributed by atoms with van der Waals surface area (Å²) in [6, 6.07) is 7.43. The molecule has 2 aliphatic heterocycles. The third-order valence-electron chi connectivity index (χ3n) is 7.30. The van der Waals surface area contributed by atoms with E-state index in [1.54, 1.807) is 24.1 Å². The summed E-state index contributed by atoms with van der Waals surface area (Å²) in [6.45, 7) is 6.19. The number of cyclic esters (lactones) is 1. The molecule has 1 amide bonds. The highest BCUT2D eigenvalue weighted by molar-refractivity contribution is 6.30. The lowest BCUT2D eigenvalue weighted by Gasteiger charge is -2.28. The van der Waals surface area contributed by atoms with Crippen LogP contribution in [0.5, 0.6) is 0 Å². The van der Waals surface area contributed by atoms with Gasteiger partial charge >= 0.3 is 5.97 Å². The first-order valence-electron chi connectivity index (χ1n) is 13.7. The van der Waals surface area contributed by atoms with Crippen LogP contribution in [0.15, 0.2) is 36.7 Å². The maximum atomic E-state index is 14.7. The normalized spacial score (nSPS) is 19.2. The van der Waals surface area contributed by atoms with Gasteiger partial charge in [-0.1, -0.05) is 11.6 Å². The van der Waals surface area contributed by atoms with Gasteiger partial charge in [-0.25, -0.2) is 14.4 Å². The van der Waals surface area contributed by atoms with Crippen molar-refractivity contribution in [1.82, 2.24) is 30.4 Å². The van der Waals surface area contributed by atoms with Gasteiger partial charge in [0.15, 0.2) is 5.82 Å². The molecule has 0 spiro atoms. The summed E-state index contributed by atoms with van der Waals surface area (Å²) in [5.41, 5.74) is 0.153. The summed E-state index contributed by atoms with van der Waals surface area (Å²) in [5, 5.41) is 18.4. The van der Waals surface area contributed by atoms with Gasteiger partial charge < -0.3 is 25.6 Å². The largest absolute Gasteiger partial charge is 0.465 e. The highest BCUT2D eigenvalue weighted by Gasteiger charge is 2.41. The number of aromatic nitrogens is 4. The van der Waals surface area contributed by atoms with Gasteiger partial charge in [-0.05, 0) is 57.1 Å². The van der Waals surface area contributed by atoms with Crippen LogP contribution < -0.4 is 20.9 Å². The van der Waals surface area contributed by atoms with Gasteiger partial charge in [-0.3, -0.25) is 14.5 Å². The Kier molecular flexibility index (Phi) is 9.09. The molecule has 2 fully saturated rings.